The van der Waals surface area contributed by atoms with Crippen LogP contribution in [0.3, 0.4) is 0 Å². The smallest absolute Gasteiger partial charge is 0.254 e. The van der Waals surface area contributed by atoms with Crippen molar-refractivity contribution in [2.45, 2.75) is 39.7 Å². The van der Waals surface area contributed by atoms with Crippen LogP contribution in [-0.2, 0) is 6.54 Å². The largest absolute Gasteiger partial charge is 0.382 e. The summed E-state index contributed by atoms with van der Waals surface area (Å²) < 4.78 is 28.6. The lowest BCUT2D eigenvalue weighted by atomic mass is 9.84. The van der Waals surface area contributed by atoms with Crippen molar-refractivity contribution in [1.82, 2.24) is 9.78 Å². The minimum absolute atomic E-state index is 0.158. The Balaban J connectivity index is 2.80. The topological polar surface area (TPSA) is 43.8 Å². The minimum atomic E-state index is -2.70. The molecule has 0 aromatic carbocycles. The molecule has 86 valence electrons. The molecule has 1 aromatic heterocycles. The number of nitrogens with zero attached hydrogens (tertiary/aromatic N) is 2. The molecule has 0 unspecified atom stereocenters. The minimum Gasteiger partial charge on any atom is -0.382 e. The molecule has 0 aliphatic carbocycles. The fourth-order valence-electron chi connectivity index (χ4n) is 1.46. The molecule has 0 bridgehead atoms. The number of alkyl halides is 2. The highest BCUT2D eigenvalue weighted by Crippen LogP contribution is 2.39. The zero-order chi connectivity index (χ0) is 11.7. The summed E-state index contributed by atoms with van der Waals surface area (Å²) in [7, 11) is 0. The van der Waals surface area contributed by atoms with Gasteiger partial charge in [0.2, 0.25) is 0 Å². The number of aromatic nitrogens is 2. The van der Waals surface area contributed by atoms with E-state index < -0.39 is 11.3 Å². The third-order valence-corrected chi connectivity index (χ3v) is 2.65. The highest BCUT2D eigenvalue weighted by molar-refractivity contribution is 5.23. The second-order valence-electron chi connectivity index (χ2n) is 4.38. The summed E-state index contributed by atoms with van der Waals surface area (Å²) in [5, 5.41) is 3.90. The Hall–Kier alpha value is -1.13. The van der Waals surface area contributed by atoms with Gasteiger partial charge in [0.15, 0.2) is 0 Å². The molecular weight excluding hydrogens is 200 g/mol. The first kappa shape index (κ1) is 11.9. The molecule has 0 spiro atoms. The summed E-state index contributed by atoms with van der Waals surface area (Å²) >= 11 is 0. The predicted molar refractivity (Wildman–Crippen MR) is 55.7 cm³/mol. The quantitative estimate of drug-likeness (QED) is 0.842. The molecule has 0 atom stereocenters. The van der Waals surface area contributed by atoms with E-state index >= 15 is 0 Å². The van der Waals surface area contributed by atoms with E-state index in [0.717, 1.165) is 0 Å². The van der Waals surface area contributed by atoms with E-state index in [0.29, 0.717) is 5.82 Å². The van der Waals surface area contributed by atoms with Crippen molar-refractivity contribution in [1.29, 1.82) is 0 Å². The second-order valence-corrected chi connectivity index (χ2v) is 4.38. The van der Waals surface area contributed by atoms with Crippen molar-refractivity contribution in [2.75, 3.05) is 5.73 Å². The van der Waals surface area contributed by atoms with Gasteiger partial charge in [-0.15, -0.1) is 0 Å². The van der Waals surface area contributed by atoms with Gasteiger partial charge in [-0.1, -0.05) is 20.8 Å². The highest BCUT2D eigenvalue weighted by Gasteiger charge is 2.45. The van der Waals surface area contributed by atoms with Crippen molar-refractivity contribution < 1.29 is 8.78 Å². The van der Waals surface area contributed by atoms with Crippen molar-refractivity contribution >= 4 is 5.82 Å². The molecule has 1 rings (SSSR count). The molecule has 1 heterocycles. The van der Waals surface area contributed by atoms with Gasteiger partial charge >= 0.3 is 0 Å². The van der Waals surface area contributed by atoms with Gasteiger partial charge in [0.05, 0.1) is 6.54 Å². The van der Waals surface area contributed by atoms with Crippen LogP contribution in [0.4, 0.5) is 14.6 Å². The predicted octanol–water partition coefficient (Wildman–Crippen LogP) is 2.54. The van der Waals surface area contributed by atoms with Crippen LogP contribution in [0, 0.1) is 5.41 Å². The van der Waals surface area contributed by atoms with Gasteiger partial charge in [-0.3, -0.25) is 4.68 Å². The normalized spacial score (nSPS) is 13.1. The Bertz CT molecular complexity index is 331. The van der Waals surface area contributed by atoms with E-state index in [1.165, 1.54) is 25.5 Å². The Kier molecular flexibility index (Phi) is 3.02. The maximum Gasteiger partial charge on any atom is 0.254 e. The number of nitrogen functional groups attached to an aromatic ring is 1. The number of nitrogens with two attached hydrogens (primary N) is 1. The molecular formula is C10H17F2N3. The van der Waals surface area contributed by atoms with Gasteiger partial charge in [-0.05, 0) is 6.07 Å². The summed E-state index contributed by atoms with van der Waals surface area (Å²) in [6, 6.07) is 1.60. The molecule has 1 aromatic rings. The standard InChI is InChI=1S/C10H17F2N3/c1-4-10(11,12)9(2,3)7-15-6-5-8(13)14-15/h5-6H,4,7H2,1-3H3,(H2,13,14). The molecule has 3 nitrogen and oxygen atoms in total. The van der Waals surface area contributed by atoms with Gasteiger partial charge in [0.1, 0.15) is 5.82 Å². The Labute approximate surface area is 88.3 Å². The summed E-state index contributed by atoms with van der Waals surface area (Å²) in [6.45, 7) is 4.72. The maximum atomic E-state index is 13.6. The molecule has 0 amide bonds. The second kappa shape index (κ2) is 3.79. The molecule has 0 aliphatic rings. The van der Waals surface area contributed by atoms with Crippen LogP contribution in [0.5, 0.6) is 0 Å². The molecule has 15 heavy (non-hydrogen) atoms. The monoisotopic (exact) mass is 217 g/mol. The Morgan fingerprint density at radius 3 is 2.47 bits per heavy atom. The van der Waals surface area contributed by atoms with Gasteiger partial charge in [-0.2, -0.15) is 5.10 Å². The molecule has 0 saturated carbocycles. The fraction of sp³-hybridized carbons (Fsp3) is 0.700. The van der Waals surface area contributed by atoms with Crippen LogP contribution in [0.15, 0.2) is 12.3 Å². The van der Waals surface area contributed by atoms with Crippen molar-refractivity contribution in [3.05, 3.63) is 12.3 Å². The fourth-order valence-corrected chi connectivity index (χ4v) is 1.46. The number of hydrogen-bond acceptors (Lipinski definition) is 2. The first-order valence-electron chi connectivity index (χ1n) is 4.95. The van der Waals surface area contributed by atoms with Crippen molar-refractivity contribution in [3.8, 4) is 0 Å². The van der Waals surface area contributed by atoms with Gasteiger partial charge in [-0.25, -0.2) is 8.78 Å². The Morgan fingerprint density at radius 1 is 1.47 bits per heavy atom. The first-order chi connectivity index (χ1) is 6.78. The van der Waals surface area contributed by atoms with E-state index in [2.05, 4.69) is 5.10 Å². The van der Waals surface area contributed by atoms with Gasteiger partial charge in [0.25, 0.3) is 5.92 Å². The van der Waals surface area contributed by atoms with Crippen LogP contribution in [0.2, 0.25) is 0 Å². The lowest BCUT2D eigenvalue weighted by Gasteiger charge is -2.33. The molecule has 0 aliphatic heterocycles. The molecule has 5 heteroatoms. The Morgan fingerprint density at radius 2 is 2.07 bits per heavy atom. The number of halogens is 2. The number of hydrogen-bond donors (Lipinski definition) is 1. The summed E-state index contributed by atoms with van der Waals surface area (Å²) in [5.41, 5.74) is 4.29. The van der Waals surface area contributed by atoms with Crippen LogP contribution in [-0.4, -0.2) is 15.7 Å². The number of anilines is 1. The SMILES string of the molecule is CCC(F)(F)C(C)(C)Cn1ccc(N)n1. The van der Waals surface area contributed by atoms with E-state index in [-0.39, 0.29) is 13.0 Å². The molecule has 0 radical (unpaired) electrons. The summed E-state index contributed by atoms with van der Waals surface area (Å²) in [5.74, 6) is -2.35. The summed E-state index contributed by atoms with van der Waals surface area (Å²) in [4.78, 5) is 0. The van der Waals surface area contributed by atoms with Crippen LogP contribution in [0.25, 0.3) is 0 Å². The van der Waals surface area contributed by atoms with Crippen LogP contribution >= 0.6 is 0 Å². The zero-order valence-corrected chi connectivity index (χ0v) is 9.30. The van der Waals surface area contributed by atoms with Crippen LogP contribution < -0.4 is 5.73 Å². The third-order valence-electron chi connectivity index (χ3n) is 2.65. The lowest BCUT2D eigenvalue weighted by Crippen LogP contribution is -2.39. The van der Waals surface area contributed by atoms with E-state index in [9.17, 15) is 8.78 Å². The van der Waals surface area contributed by atoms with E-state index in [4.69, 9.17) is 5.73 Å². The van der Waals surface area contributed by atoms with Crippen LogP contribution in [0.1, 0.15) is 27.2 Å². The summed E-state index contributed by atoms with van der Waals surface area (Å²) in [6.07, 6.45) is 1.44. The molecule has 2 N–H and O–H groups in total. The molecule has 0 fully saturated rings. The van der Waals surface area contributed by atoms with Crippen molar-refractivity contribution in [2.24, 2.45) is 5.41 Å². The van der Waals surface area contributed by atoms with E-state index in [1.54, 1.807) is 12.3 Å². The zero-order valence-electron chi connectivity index (χ0n) is 9.30. The average Bonchev–Trinajstić information content (AvgIpc) is 2.50. The van der Waals surface area contributed by atoms with Gasteiger partial charge < -0.3 is 5.73 Å². The lowest BCUT2D eigenvalue weighted by molar-refractivity contribution is -0.116. The van der Waals surface area contributed by atoms with Gasteiger partial charge in [0, 0.05) is 18.0 Å². The molecule has 0 saturated heterocycles. The highest BCUT2D eigenvalue weighted by atomic mass is 19.3. The maximum absolute atomic E-state index is 13.6. The average molecular weight is 217 g/mol. The van der Waals surface area contributed by atoms with E-state index in [1.807, 2.05) is 0 Å². The number of rotatable bonds is 4. The van der Waals surface area contributed by atoms with Crippen molar-refractivity contribution in [3.63, 3.8) is 0 Å². The first-order valence-corrected chi connectivity index (χ1v) is 4.95. The third kappa shape index (κ3) is 2.46.